The number of nitriles is 1. The van der Waals surface area contributed by atoms with Gasteiger partial charge in [-0.05, 0) is 43.0 Å². The average molecular weight is 546 g/mol. The summed E-state index contributed by atoms with van der Waals surface area (Å²) < 4.78 is 22.9. The standard InChI is InChI=1S/C29H33N5O4.C2H6/c30-15-21-13-20(4-5-27(21)38-24-6-10-35-11-7-24)26-19-34-29-25(26)14-22(18-33-29)23(16-31)17-32-8-12-37-28-3-1-2-9-36-28;1-2/h4-5,13-14,16-19,24,28H,1-3,6-12,31H2,(H,33,34);1-2H3/b23-16+,32-17?;. The third-order valence-corrected chi connectivity index (χ3v) is 6.81. The molecule has 3 N–H and O–H groups in total. The Hall–Kier alpha value is -3.71. The van der Waals surface area contributed by atoms with Crippen LogP contribution < -0.4 is 10.5 Å². The lowest BCUT2D eigenvalue weighted by Gasteiger charge is -2.23. The number of nitrogens with two attached hydrogens (primary N) is 1. The Labute approximate surface area is 236 Å². The van der Waals surface area contributed by atoms with Crippen LogP contribution in [0.1, 0.15) is 57.1 Å². The maximum atomic E-state index is 9.80. The number of allylic oxidation sites excluding steroid dienone is 1. The highest BCUT2D eigenvalue weighted by atomic mass is 16.7. The van der Waals surface area contributed by atoms with E-state index in [-0.39, 0.29) is 12.4 Å². The van der Waals surface area contributed by atoms with Gasteiger partial charge in [0.2, 0.25) is 0 Å². The van der Waals surface area contributed by atoms with Gasteiger partial charge >= 0.3 is 0 Å². The molecule has 2 aromatic heterocycles. The van der Waals surface area contributed by atoms with Gasteiger partial charge in [-0.3, -0.25) is 4.99 Å². The molecule has 212 valence electrons. The van der Waals surface area contributed by atoms with Crippen LogP contribution in [0.15, 0.2) is 47.9 Å². The second-order valence-electron chi connectivity index (χ2n) is 9.40. The van der Waals surface area contributed by atoms with E-state index in [2.05, 4.69) is 21.0 Å². The number of benzene rings is 1. The van der Waals surface area contributed by atoms with Gasteiger partial charge in [0.1, 0.15) is 23.6 Å². The maximum absolute atomic E-state index is 9.80. The van der Waals surface area contributed by atoms with Crippen molar-refractivity contribution in [2.24, 2.45) is 10.7 Å². The van der Waals surface area contributed by atoms with Gasteiger partial charge in [0.05, 0.1) is 31.9 Å². The van der Waals surface area contributed by atoms with Crippen LogP contribution in [0.3, 0.4) is 0 Å². The van der Waals surface area contributed by atoms with Gasteiger partial charge < -0.3 is 29.7 Å². The average Bonchev–Trinajstić information content (AvgIpc) is 3.44. The Kier molecular flexibility index (Phi) is 11.1. The number of aromatic amines is 1. The highest BCUT2D eigenvalue weighted by molar-refractivity contribution is 6.10. The number of hydrogen-bond acceptors (Lipinski definition) is 8. The molecular weight excluding hydrogens is 506 g/mol. The Morgan fingerprint density at radius 1 is 1.20 bits per heavy atom. The number of aliphatic imine (C=N–C) groups is 1. The minimum atomic E-state index is -0.119. The van der Waals surface area contributed by atoms with E-state index in [1.165, 1.54) is 6.20 Å². The highest BCUT2D eigenvalue weighted by Gasteiger charge is 2.18. The van der Waals surface area contributed by atoms with E-state index >= 15 is 0 Å². The van der Waals surface area contributed by atoms with Gasteiger partial charge in [0.15, 0.2) is 6.29 Å². The lowest BCUT2D eigenvalue weighted by atomic mass is 10.0. The number of aromatic nitrogens is 2. The van der Waals surface area contributed by atoms with Crippen molar-refractivity contribution < 1.29 is 18.9 Å². The van der Waals surface area contributed by atoms with Crippen molar-refractivity contribution in [1.82, 2.24) is 9.97 Å². The number of ether oxygens (including phenoxy) is 4. The predicted octanol–water partition coefficient (Wildman–Crippen LogP) is 5.60. The molecule has 2 aliphatic rings. The van der Waals surface area contributed by atoms with Crippen molar-refractivity contribution >= 4 is 22.8 Å². The topological polar surface area (TPSA) is 128 Å². The number of nitrogens with one attached hydrogen (secondary N) is 1. The normalized spacial score (nSPS) is 18.3. The van der Waals surface area contributed by atoms with Crippen LogP contribution in [0, 0.1) is 11.3 Å². The molecule has 40 heavy (non-hydrogen) atoms. The Balaban J connectivity index is 0.00000181. The molecule has 4 heterocycles. The van der Waals surface area contributed by atoms with Crippen LogP contribution in [0.2, 0.25) is 0 Å². The molecule has 0 amide bonds. The number of nitrogens with zero attached hydrogens (tertiary/aromatic N) is 3. The minimum absolute atomic E-state index is 0.0665. The van der Waals surface area contributed by atoms with E-state index in [0.717, 1.165) is 72.0 Å². The number of pyridine rings is 1. The molecule has 0 saturated carbocycles. The fraction of sp³-hybridized carbons (Fsp3) is 0.452. The molecule has 2 aliphatic heterocycles. The number of hydrogen-bond donors (Lipinski definition) is 2. The van der Waals surface area contributed by atoms with Crippen LogP contribution in [0.5, 0.6) is 5.75 Å². The van der Waals surface area contributed by atoms with Crippen molar-refractivity contribution in [3.05, 3.63) is 54.0 Å². The van der Waals surface area contributed by atoms with Gasteiger partial charge in [0, 0.05) is 66.3 Å². The summed E-state index contributed by atoms with van der Waals surface area (Å²) in [5.41, 5.74) is 10.6. The maximum Gasteiger partial charge on any atom is 0.157 e. The third-order valence-electron chi connectivity index (χ3n) is 6.81. The summed E-state index contributed by atoms with van der Waals surface area (Å²) in [5.74, 6) is 0.602. The summed E-state index contributed by atoms with van der Waals surface area (Å²) in [6.45, 7) is 7.14. The zero-order valence-electron chi connectivity index (χ0n) is 23.4. The summed E-state index contributed by atoms with van der Waals surface area (Å²) >= 11 is 0. The van der Waals surface area contributed by atoms with Crippen molar-refractivity contribution in [3.63, 3.8) is 0 Å². The molecular formula is C31H39N5O4. The monoisotopic (exact) mass is 545 g/mol. The van der Waals surface area contributed by atoms with Crippen molar-refractivity contribution in [1.29, 1.82) is 5.26 Å². The van der Waals surface area contributed by atoms with E-state index in [0.29, 0.717) is 37.7 Å². The van der Waals surface area contributed by atoms with Crippen LogP contribution in [-0.2, 0) is 14.2 Å². The van der Waals surface area contributed by atoms with Crippen molar-refractivity contribution in [2.45, 2.75) is 58.3 Å². The zero-order valence-corrected chi connectivity index (χ0v) is 23.4. The Morgan fingerprint density at radius 3 is 2.80 bits per heavy atom. The molecule has 0 aliphatic carbocycles. The van der Waals surface area contributed by atoms with Gasteiger partial charge in [-0.2, -0.15) is 5.26 Å². The number of rotatable bonds is 9. The second-order valence-corrected chi connectivity index (χ2v) is 9.40. The van der Waals surface area contributed by atoms with Crippen LogP contribution in [0.25, 0.3) is 27.7 Å². The Bertz CT molecular complexity index is 1330. The smallest absolute Gasteiger partial charge is 0.157 e. The molecule has 5 rings (SSSR count). The summed E-state index contributed by atoms with van der Waals surface area (Å²) in [7, 11) is 0. The lowest BCUT2D eigenvalue weighted by molar-refractivity contribution is -0.160. The molecule has 0 spiro atoms. The first-order valence-corrected chi connectivity index (χ1v) is 14.2. The Morgan fingerprint density at radius 2 is 2.05 bits per heavy atom. The molecule has 9 nitrogen and oxygen atoms in total. The summed E-state index contributed by atoms with van der Waals surface area (Å²) in [6, 6.07) is 10.0. The first-order valence-electron chi connectivity index (χ1n) is 14.2. The lowest BCUT2D eigenvalue weighted by Crippen LogP contribution is -2.26. The van der Waals surface area contributed by atoms with Crippen molar-refractivity contribution in [3.8, 4) is 22.9 Å². The van der Waals surface area contributed by atoms with Crippen molar-refractivity contribution in [2.75, 3.05) is 33.0 Å². The van der Waals surface area contributed by atoms with Gasteiger partial charge in [-0.1, -0.05) is 19.9 Å². The molecule has 2 saturated heterocycles. The quantitative estimate of drug-likeness (QED) is 0.265. The van der Waals surface area contributed by atoms with E-state index in [9.17, 15) is 5.26 Å². The molecule has 3 aromatic rings. The van der Waals surface area contributed by atoms with E-state index < -0.39 is 0 Å². The molecule has 1 aromatic carbocycles. The second kappa shape index (κ2) is 15.2. The minimum Gasteiger partial charge on any atom is -0.489 e. The van der Waals surface area contributed by atoms with Crippen LogP contribution >= 0.6 is 0 Å². The fourth-order valence-corrected chi connectivity index (χ4v) is 4.72. The highest BCUT2D eigenvalue weighted by Crippen LogP contribution is 2.33. The summed E-state index contributed by atoms with van der Waals surface area (Å²) in [4.78, 5) is 12.3. The molecule has 1 atom stereocenters. The third kappa shape index (κ3) is 7.48. The summed E-state index contributed by atoms with van der Waals surface area (Å²) in [5, 5.41) is 10.7. The fourth-order valence-electron chi connectivity index (χ4n) is 4.72. The van der Waals surface area contributed by atoms with Gasteiger partial charge in [0.25, 0.3) is 0 Å². The van der Waals surface area contributed by atoms with Gasteiger partial charge in [-0.25, -0.2) is 4.98 Å². The first kappa shape index (κ1) is 29.3. The molecule has 2 fully saturated rings. The molecule has 0 bridgehead atoms. The largest absolute Gasteiger partial charge is 0.489 e. The SMILES string of the molecule is CC.N#Cc1cc(-c2c[nH]c3ncc(/C(C=NCCOC4CCCCO4)=C/N)cc23)ccc1OC1CCOCC1. The first-order chi connectivity index (χ1) is 19.7. The molecule has 1 unspecified atom stereocenters. The molecule has 9 heteroatoms. The van der Waals surface area contributed by atoms with Crippen LogP contribution in [-0.4, -0.2) is 61.5 Å². The van der Waals surface area contributed by atoms with Gasteiger partial charge in [-0.15, -0.1) is 0 Å². The predicted molar refractivity (Wildman–Crippen MR) is 157 cm³/mol. The summed E-state index contributed by atoms with van der Waals surface area (Å²) in [6.07, 6.45) is 11.7. The van der Waals surface area contributed by atoms with Crippen LogP contribution in [0.4, 0.5) is 0 Å². The number of fused-ring (bicyclic) bond motifs is 1. The molecule has 0 radical (unpaired) electrons. The van der Waals surface area contributed by atoms with E-state index in [1.54, 1.807) is 12.4 Å². The number of H-pyrrole nitrogens is 1. The van der Waals surface area contributed by atoms with E-state index in [4.69, 9.17) is 24.7 Å². The van der Waals surface area contributed by atoms with E-state index in [1.807, 2.05) is 44.3 Å². The zero-order chi connectivity index (χ0) is 28.2.